The van der Waals surface area contributed by atoms with Crippen molar-refractivity contribution >= 4 is 6.08 Å². The first-order chi connectivity index (χ1) is 8.93. The highest BCUT2D eigenvalue weighted by molar-refractivity contribution is 5.47. The van der Waals surface area contributed by atoms with E-state index in [1.54, 1.807) is 24.3 Å². The van der Waals surface area contributed by atoms with Crippen molar-refractivity contribution in [2.45, 2.75) is 26.2 Å². The summed E-state index contributed by atoms with van der Waals surface area (Å²) in [6, 6.07) is 17.2. The standard InChI is InChI=1S/C12H16.C6H6O/c1-5-10-6-8-11(9-7-10)12(2,3)4;7-6-4-2-1-3-5-6/h5-9H,1H2,2-4H3;1-5,7H. The molecular weight excluding hydrogens is 232 g/mol. The minimum absolute atomic E-state index is 0.250. The Balaban J connectivity index is 0.000000218. The predicted molar refractivity (Wildman–Crippen MR) is 83.3 cm³/mol. The van der Waals surface area contributed by atoms with E-state index in [-0.39, 0.29) is 5.41 Å². The summed E-state index contributed by atoms with van der Waals surface area (Å²) in [7, 11) is 0. The summed E-state index contributed by atoms with van der Waals surface area (Å²) in [4.78, 5) is 0. The second-order valence-corrected chi connectivity index (χ2v) is 5.41. The zero-order valence-electron chi connectivity index (χ0n) is 11.9. The van der Waals surface area contributed by atoms with Crippen LogP contribution >= 0.6 is 0 Å². The summed E-state index contributed by atoms with van der Waals surface area (Å²) in [6.45, 7) is 10.4. The van der Waals surface area contributed by atoms with Crippen LogP contribution in [0.15, 0.2) is 61.2 Å². The van der Waals surface area contributed by atoms with Crippen molar-refractivity contribution in [3.63, 3.8) is 0 Å². The number of benzene rings is 2. The van der Waals surface area contributed by atoms with Crippen molar-refractivity contribution in [2.75, 3.05) is 0 Å². The second kappa shape index (κ2) is 6.79. The Morgan fingerprint density at radius 1 is 0.895 bits per heavy atom. The molecule has 1 nitrogen and oxygen atoms in total. The molecule has 0 spiro atoms. The first-order valence-corrected chi connectivity index (χ1v) is 6.40. The monoisotopic (exact) mass is 254 g/mol. The maximum Gasteiger partial charge on any atom is 0.115 e. The van der Waals surface area contributed by atoms with Gasteiger partial charge < -0.3 is 5.11 Å². The first-order valence-electron chi connectivity index (χ1n) is 6.40. The molecule has 0 aliphatic rings. The minimum atomic E-state index is 0.250. The second-order valence-electron chi connectivity index (χ2n) is 5.41. The van der Waals surface area contributed by atoms with Gasteiger partial charge in [-0.15, -0.1) is 0 Å². The van der Waals surface area contributed by atoms with E-state index in [4.69, 9.17) is 5.11 Å². The van der Waals surface area contributed by atoms with Gasteiger partial charge in [-0.3, -0.25) is 0 Å². The summed E-state index contributed by atoms with van der Waals surface area (Å²) in [6.07, 6.45) is 1.87. The number of para-hydroxylation sites is 1. The highest BCUT2D eigenvalue weighted by atomic mass is 16.3. The van der Waals surface area contributed by atoms with E-state index in [1.165, 1.54) is 11.1 Å². The van der Waals surface area contributed by atoms with Gasteiger partial charge in [-0.1, -0.05) is 75.9 Å². The van der Waals surface area contributed by atoms with E-state index >= 15 is 0 Å². The lowest BCUT2D eigenvalue weighted by Gasteiger charge is -2.18. The molecule has 2 aromatic carbocycles. The summed E-state index contributed by atoms with van der Waals surface area (Å²) in [5, 5.41) is 8.63. The van der Waals surface area contributed by atoms with Crippen molar-refractivity contribution < 1.29 is 5.11 Å². The summed E-state index contributed by atoms with van der Waals surface area (Å²) in [5.74, 6) is 0.322. The molecule has 19 heavy (non-hydrogen) atoms. The van der Waals surface area contributed by atoms with Crippen LogP contribution in [0, 0.1) is 0 Å². The number of phenols is 1. The van der Waals surface area contributed by atoms with Crippen LogP contribution in [0.5, 0.6) is 5.75 Å². The molecule has 0 saturated heterocycles. The van der Waals surface area contributed by atoms with E-state index in [0.717, 1.165) is 0 Å². The molecule has 0 heterocycles. The van der Waals surface area contributed by atoms with E-state index in [9.17, 15) is 0 Å². The SMILES string of the molecule is C=Cc1ccc(C(C)(C)C)cc1.Oc1ccccc1. The van der Waals surface area contributed by atoms with Gasteiger partial charge in [0.1, 0.15) is 5.75 Å². The smallest absolute Gasteiger partial charge is 0.115 e. The molecule has 100 valence electrons. The third kappa shape index (κ3) is 5.43. The fraction of sp³-hybridized carbons (Fsp3) is 0.222. The maximum absolute atomic E-state index is 8.63. The molecular formula is C18H22O. The molecule has 0 aromatic heterocycles. The highest BCUT2D eigenvalue weighted by Gasteiger charge is 2.12. The van der Waals surface area contributed by atoms with Crippen molar-refractivity contribution in [1.82, 2.24) is 0 Å². The molecule has 0 bridgehead atoms. The van der Waals surface area contributed by atoms with E-state index in [1.807, 2.05) is 12.1 Å². The summed E-state index contributed by atoms with van der Waals surface area (Å²) >= 11 is 0. The Morgan fingerprint density at radius 2 is 1.42 bits per heavy atom. The number of aromatic hydroxyl groups is 1. The fourth-order valence-electron chi connectivity index (χ4n) is 1.55. The van der Waals surface area contributed by atoms with Gasteiger partial charge in [0.25, 0.3) is 0 Å². The van der Waals surface area contributed by atoms with Gasteiger partial charge in [-0.25, -0.2) is 0 Å². The van der Waals surface area contributed by atoms with E-state index in [2.05, 4.69) is 51.6 Å². The van der Waals surface area contributed by atoms with Crippen LogP contribution in [0.3, 0.4) is 0 Å². The predicted octanol–water partition coefficient (Wildman–Crippen LogP) is 5.02. The van der Waals surface area contributed by atoms with E-state index < -0.39 is 0 Å². The zero-order valence-corrected chi connectivity index (χ0v) is 11.9. The van der Waals surface area contributed by atoms with Crippen LogP contribution in [-0.2, 0) is 5.41 Å². The average Bonchev–Trinajstić information content (AvgIpc) is 2.39. The van der Waals surface area contributed by atoms with Gasteiger partial charge in [-0.05, 0) is 28.7 Å². The number of phenolic OH excluding ortho intramolecular Hbond substituents is 1. The van der Waals surface area contributed by atoms with Crippen LogP contribution < -0.4 is 0 Å². The van der Waals surface area contributed by atoms with Gasteiger partial charge >= 0.3 is 0 Å². The molecule has 1 heteroatoms. The largest absolute Gasteiger partial charge is 0.508 e. The summed E-state index contributed by atoms with van der Waals surface area (Å²) in [5.41, 5.74) is 2.80. The van der Waals surface area contributed by atoms with Crippen LogP contribution in [0.2, 0.25) is 0 Å². The fourth-order valence-corrected chi connectivity index (χ4v) is 1.55. The Kier molecular flexibility index (Phi) is 5.37. The van der Waals surface area contributed by atoms with Gasteiger partial charge in [-0.2, -0.15) is 0 Å². The minimum Gasteiger partial charge on any atom is -0.508 e. The van der Waals surface area contributed by atoms with Gasteiger partial charge in [0, 0.05) is 0 Å². The average molecular weight is 254 g/mol. The van der Waals surface area contributed by atoms with Crippen LogP contribution in [-0.4, -0.2) is 5.11 Å². The molecule has 0 aliphatic carbocycles. The molecule has 0 unspecified atom stereocenters. The molecule has 2 rings (SSSR count). The summed E-state index contributed by atoms with van der Waals surface area (Å²) < 4.78 is 0. The third-order valence-corrected chi connectivity index (χ3v) is 2.77. The van der Waals surface area contributed by atoms with Crippen molar-refractivity contribution in [3.8, 4) is 5.75 Å². The highest BCUT2D eigenvalue weighted by Crippen LogP contribution is 2.22. The third-order valence-electron chi connectivity index (χ3n) is 2.77. The Labute approximate surface area is 116 Å². The molecule has 1 N–H and O–H groups in total. The maximum atomic E-state index is 8.63. The van der Waals surface area contributed by atoms with Gasteiger partial charge in [0.15, 0.2) is 0 Å². The van der Waals surface area contributed by atoms with Crippen LogP contribution in [0.25, 0.3) is 6.08 Å². The Bertz CT molecular complexity index is 489. The Hall–Kier alpha value is -2.02. The lowest BCUT2D eigenvalue weighted by molar-refractivity contribution is 0.475. The quantitative estimate of drug-likeness (QED) is 0.757. The van der Waals surface area contributed by atoms with E-state index in [0.29, 0.717) is 5.75 Å². The van der Waals surface area contributed by atoms with Crippen molar-refractivity contribution in [3.05, 3.63) is 72.3 Å². The normalized spacial score (nSPS) is 10.3. The number of hydrogen-bond donors (Lipinski definition) is 1. The Morgan fingerprint density at radius 3 is 1.74 bits per heavy atom. The van der Waals surface area contributed by atoms with Crippen LogP contribution in [0.4, 0.5) is 0 Å². The van der Waals surface area contributed by atoms with Crippen molar-refractivity contribution in [1.29, 1.82) is 0 Å². The molecule has 0 saturated carbocycles. The lowest BCUT2D eigenvalue weighted by atomic mass is 9.87. The van der Waals surface area contributed by atoms with Crippen LogP contribution in [0.1, 0.15) is 31.9 Å². The molecule has 0 amide bonds. The van der Waals surface area contributed by atoms with Gasteiger partial charge in [0.05, 0.1) is 0 Å². The molecule has 0 fully saturated rings. The zero-order chi connectivity index (χ0) is 14.3. The lowest BCUT2D eigenvalue weighted by Crippen LogP contribution is -2.10. The van der Waals surface area contributed by atoms with Gasteiger partial charge in [0.2, 0.25) is 0 Å². The number of rotatable bonds is 1. The topological polar surface area (TPSA) is 20.2 Å². The van der Waals surface area contributed by atoms with Crippen molar-refractivity contribution in [2.24, 2.45) is 0 Å². The molecule has 2 aromatic rings. The molecule has 0 atom stereocenters. The molecule has 0 radical (unpaired) electrons. The first kappa shape index (κ1) is 15.0. The molecule has 0 aliphatic heterocycles. The number of hydrogen-bond acceptors (Lipinski definition) is 1.